The molecule has 0 saturated heterocycles. The van der Waals surface area contributed by atoms with Gasteiger partial charge in [-0.25, -0.2) is 10.9 Å². The van der Waals surface area contributed by atoms with Crippen LogP contribution >= 0.6 is 0 Å². The van der Waals surface area contributed by atoms with Gasteiger partial charge in [0.2, 0.25) is 82.5 Å². The second kappa shape index (κ2) is 43.7. The number of H-pyrrole nitrogens is 1. The van der Waals surface area contributed by atoms with Crippen LogP contribution in [0.2, 0.25) is 0 Å². The summed E-state index contributed by atoms with van der Waals surface area (Å²) < 4.78 is 0. The number of ketones is 2. The number of hydrogen-bond acceptors (Lipinski definition) is 19. The number of hydrazine groups is 1. The van der Waals surface area contributed by atoms with E-state index in [1.54, 1.807) is 74.6 Å². The quantitative estimate of drug-likeness (QED) is 0.0323. The lowest BCUT2D eigenvalue weighted by Gasteiger charge is -2.33. The molecule has 0 bridgehead atoms. The van der Waals surface area contributed by atoms with Crippen molar-refractivity contribution in [3.8, 4) is 5.75 Å². The molecule has 2 heterocycles. The molecular weight excluding hydrogens is 1420 g/mol. The van der Waals surface area contributed by atoms with Gasteiger partial charge in [-0.15, -0.1) is 0 Å². The average molecular weight is 1530 g/mol. The number of phenolic OH excluding ortho intramolecular Hbond substituents is 1. The lowest BCUT2D eigenvalue weighted by molar-refractivity contribution is -0.141. The highest BCUT2D eigenvalue weighted by molar-refractivity contribution is 6.41. The summed E-state index contributed by atoms with van der Waals surface area (Å²) in [5.74, 6) is -13.3. The van der Waals surface area contributed by atoms with Crippen molar-refractivity contribution >= 4 is 93.4 Å². The Morgan fingerprint density at radius 2 is 1.18 bits per heavy atom. The van der Waals surface area contributed by atoms with Crippen LogP contribution in [0.3, 0.4) is 0 Å². The Hall–Kier alpha value is -10.4. The van der Waals surface area contributed by atoms with E-state index in [4.69, 9.17) is 11.5 Å². The van der Waals surface area contributed by atoms with E-state index >= 15 is 14.4 Å². The van der Waals surface area contributed by atoms with E-state index < -0.39 is 180 Å². The number of phenols is 1. The van der Waals surface area contributed by atoms with Crippen LogP contribution in [0.5, 0.6) is 5.75 Å². The molecule has 32 nitrogen and oxygen atoms in total. The van der Waals surface area contributed by atoms with Gasteiger partial charge in [-0.3, -0.25) is 67.1 Å². The van der Waals surface area contributed by atoms with Crippen LogP contribution in [0.1, 0.15) is 169 Å². The van der Waals surface area contributed by atoms with E-state index in [0.29, 0.717) is 66.1 Å². The highest BCUT2D eigenvalue weighted by atomic mass is 16.3. The number of aliphatic hydroxyl groups excluding tert-OH is 2. The zero-order valence-electron chi connectivity index (χ0n) is 64.5. The number of para-hydroxylation sites is 1. The number of nitrogens with one attached hydrogen (secondary N) is 13. The Labute approximate surface area is 641 Å². The van der Waals surface area contributed by atoms with Gasteiger partial charge in [0.25, 0.3) is 0 Å². The summed E-state index contributed by atoms with van der Waals surface area (Å²) in [4.78, 5) is 200. The van der Waals surface area contributed by atoms with Crippen LogP contribution in [0.4, 0.5) is 0 Å². The molecule has 13 atom stereocenters. The second-order valence-corrected chi connectivity index (χ2v) is 29.7. The molecule has 0 fully saturated rings. The molecule has 0 radical (unpaired) electrons. The van der Waals surface area contributed by atoms with Gasteiger partial charge < -0.3 is 84.9 Å². The van der Waals surface area contributed by atoms with Crippen molar-refractivity contribution in [1.82, 2.24) is 69.0 Å². The molecule has 20 N–H and O–H groups in total. The van der Waals surface area contributed by atoms with Gasteiger partial charge in [0.05, 0.1) is 24.8 Å². The van der Waals surface area contributed by atoms with Gasteiger partial charge in [0.15, 0.2) is 0 Å². The third-order valence-electron chi connectivity index (χ3n) is 19.0. The van der Waals surface area contributed by atoms with Crippen molar-refractivity contribution in [2.45, 2.75) is 250 Å². The van der Waals surface area contributed by atoms with Crippen LogP contribution in [-0.2, 0) is 86.4 Å². The van der Waals surface area contributed by atoms with Crippen LogP contribution in [0.15, 0.2) is 97.2 Å². The number of rotatable bonds is 25. The van der Waals surface area contributed by atoms with Gasteiger partial charge in [-0.1, -0.05) is 120 Å². The molecule has 32 heteroatoms. The molecule has 0 spiro atoms. The van der Waals surface area contributed by atoms with Crippen LogP contribution < -0.4 is 75.5 Å². The van der Waals surface area contributed by atoms with Gasteiger partial charge in [-0.05, 0) is 139 Å². The number of primary amides is 2. The van der Waals surface area contributed by atoms with E-state index in [-0.39, 0.29) is 69.0 Å². The maximum atomic E-state index is 15.1. The number of hydrogen-bond donors (Lipinski definition) is 18. The normalized spacial score (nSPS) is 23.4. The first-order chi connectivity index (χ1) is 51.9. The molecule has 0 saturated carbocycles. The fourth-order valence-corrected chi connectivity index (χ4v) is 12.5. The smallest absolute Gasteiger partial charge is 0.246 e. The molecular formula is C78H113N15O17. The van der Waals surface area contributed by atoms with Gasteiger partial charge in [-0.2, -0.15) is 0 Å². The number of Topliss-reactive ketones (excluding diaryl/α,β-unsaturated/α-hetero) is 2. The van der Waals surface area contributed by atoms with Crippen molar-refractivity contribution in [1.29, 1.82) is 0 Å². The Morgan fingerprint density at radius 1 is 0.591 bits per heavy atom. The molecule has 1 aliphatic rings. The molecule has 5 rings (SSSR count). The zero-order valence-corrected chi connectivity index (χ0v) is 64.5. The molecule has 1 aromatic heterocycles. The zero-order chi connectivity index (χ0) is 81.6. The Morgan fingerprint density at radius 3 is 1.80 bits per heavy atom. The minimum Gasteiger partial charge on any atom is -0.508 e. The Bertz CT molecular complexity index is 3870. The van der Waals surface area contributed by atoms with Crippen LogP contribution in [-0.4, -0.2) is 187 Å². The maximum absolute atomic E-state index is 15.1. The number of nitrogens with two attached hydrogens (primary N) is 2. The number of amides is 12. The van der Waals surface area contributed by atoms with E-state index in [0.717, 1.165) is 0 Å². The summed E-state index contributed by atoms with van der Waals surface area (Å²) in [6, 6.07) is 6.33. The number of benzene rings is 3. The summed E-state index contributed by atoms with van der Waals surface area (Å²) in [7, 11) is 0. The third kappa shape index (κ3) is 28.9. The largest absolute Gasteiger partial charge is 0.508 e. The second-order valence-electron chi connectivity index (χ2n) is 29.7. The van der Waals surface area contributed by atoms with E-state index in [1.807, 2.05) is 26.0 Å². The van der Waals surface area contributed by atoms with Gasteiger partial charge >= 0.3 is 0 Å². The molecule has 110 heavy (non-hydrogen) atoms. The van der Waals surface area contributed by atoms with E-state index in [9.17, 15) is 68.1 Å². The number of aromatic nitrogens is 1. The number of allylic oxidation sites excluding steroid dienone is 2. The number of carbonyl (C=O) groups excluding carboxylic acids is 14. The first kappa shape index (κ1) is 90.2. The highest BCUT2D eigenvalue weighted by Crippen LogP contribution is 2.23. The molecule has 2 unspecified atom stereocenters. The average Bonchev–Trinajstić information content (AvgIpc) is 1.41. The number of fused-ring (bicyclic) bond motifs is 1. The SMILES string of the molecule is CC(=O)N[C@@H](CC(C)C)C(=O)N[C@H](C(=O)N[C@@H](Cc1ccccc1)C(=O)N[C@]1(C)CCC/C=C/CCCCCC[C@@](C)(C(=O)N[C@@H](CO)C(N)=O)NN[C@@H](CC(C)C)C(=O)C(=O)[C@H](CCC(N)=O)NC(=O)C(C)NC(=O)[C@H](Cc2c[nH]c3ccccc23)NC(=O)[C@H](Cc2ccc(O)cc2)NC(=O)C(C)NC1=O)[C@@H](C)O. The summed E-state index contributed by atoms with van der Waals surface area (Å²) in [5, 5.41) is 58.2. The minimum absolute atomic E-state index is 0.0173. The molecule has 4 aromatic rings. The van der Waals surface area contributed by atoms with Crippen molar-refractivity contribution in [2.75, 3.05) is 6.61 Å². The first-order valence-electron chi connectivity index (χ1n) is 37.5. The summed E-state index contributed by atoms with van der Waals surface area (Å²) in [5.41, 5.74) is 15.4. The van der Waals surface area contributed by atoms with Crippen molar-refractivity contribution in [3.63, 3.8) is 0 Å². The standard InChI is InChI=1S/C78H113N15O17/c1-44(2)37-57-66(100)65(99)56(33-34-63(79)98)85-68(102)46(5)82-70(104)61(41-52-42-81-55-28-22-21-27-54(52)55)87-71(105)59(40-51-29-31-53(97)32-30-51)86-69(103)47(6)83-75(109)77(9,35-23-16-14-12-11-13-15-17-24-36-78(10,93-92-57)76(110)89-62(43-94)67(80)101)91-73(107)60(39-50-25-19-18-20-26-50)88-74(108)64(48(7)95)90-72(106)58(38-45(3)4)84-49(8)96/h12,14,18-22,25-32,42,44-48,56-62,64,81,92-95,97H,11,13,15-17,23-24,33-41,43H2,1-10H3,(H2,79,98)(H2,80,101)(H,82,104)(H,83,109)(H,84,96)(H,85,102)(H,86,103)(H,87,105)(H,88,108)(H,89,110)(H,90,106)(H,91,107)/b14-12+/t46?,47?,48-,56+,57+,58+,59+,60+,61+,62+,64+,77-,78+/m1/s1. The fraction of sp³-hybridized carbons (Fsp3) is 0.538. The van der Waals surface area contributed by atoms with Crippen molar-refractivity contribution in [3.05, 3.63) is 114 Å². The number of carbonyl (C=O) groups is 14. The summed E-state index contributed by atoms with van der Waals surface area (Å²) in [6.45, 7) is 14.3. The van der Waals surface area contributed by atoms with Gasteiger partial charge in [0, 0.05) is 49.7 Å². The minimum atomic E-state index is -1.89. The molecule has 1 aliphatic heterocycles. The van der Waals surface area contributed by atoms with Crippen LogP contribution in [0.25, 0.3) is 10.9 Å². The number of aliphatic hydroxyl groups is 2. The number of aromatic hydroxyl groups is 1. The maximum Gasteiger partial charge on any atom is 0.246 e. The lowest BCUT2D eigenvalue weighted by atomic mass is 9.91. The first-order valence-corrected chi connectivity index (χ1v) is 37.5. The molecule has 0 aliphatic carbocycles. The van der Waals surface area contributed by atoms with E-state index in [1.165, 1.54) is 65.8 Å². The predicted octanol–water partition coefficient (Wildman–Crippen LogP) is 0.856. The van der Waals surface area contributed by atoms with Crippen LogP contribution in [0, 0.1) is 11.8 Å². The highest BCUT2D eigenvalue weighted by Gasteiger charge is 2.42. The van der Waals surface area contributed by atoms with Gasteiger partial charge in [0.1, 0.15) is 65.2 Å². The molecule has 12 amide bonds. The Balaban J connectivity index is 1.59. The topological polar surface area (TPSA) is 512 Å². The summed E-state index contributed by atoms with van der Waals surface area (Å²) >= 11 is 0. The monoisotopic (exact) mass is 1530 g/mol. The predicted molar refractivity (Wildman–Crippen MR) is 409 cm³/mol. The summed E-state index contributed by atoms with van der Waals surface area (Å²) in [6.07, 6.45) is 5.82. The third-order valence-corrected chi connectivity index (χ3v) is 19.0. The number of aromatic amines is 1. The fourth-order valence-electron chi connectivity index (χ4n) is 12.5. The molecule has 602 valence electrons. The van der Waals surface area contributed by atoms with E-state index in [2.05, 4.69) is 69.0 Å². The molecule has 3 aromatic carbocycles. The van der Waals surface area contributed by atoms with Crippen molar-refractivity contribution in [2.24, 2.45) is 23.3 Å². The van der Waals surface area contributed by atoms with Crippen molar-refractivity contribution < 1.29 is 82.4 Å². The lowest BCUT2D eigenvalue weighted by Crippen LogP contribution is -2.65. The Kier molecular flexibility index (Phi) is 35.8.